The molecule has 2 heterocycles. The zero-order valence-electron chi connectivity index (χ0n) is 15.2. The molecule has 1 saturated heterocycles. The van der Waals surface area contributed by atoms with E-state index in [1.54, 1.807) is 19.2 Å². The summed E-state index contributed by atoms with van der Waals surface area (Å²) in [6.07, 6.45) is 5.25. The van der Waals surface area contributed by atoms with Gasteiger partial charge in [-0.25, -0.2) is 9.37 Å². The fraction of sp³-hybridized carbons (Fsp3) is 0.400. The maximum Gasteiger partial charge on any atom is 0.191 e. The lowest BCUT2D eigenvalue weighted by molar-refractivity contribution is 0.626. The minimum Gasteiger partial charge on any atom is -0.357 e. The molecule has 0 atom stereocenters. The normalized spacial score (nSPS) is 14.5. The number of guanidine groups is 1. The maximum atomic E-state index is 12.9. The quantitative estimate of drug-likeness (QED) is 0.618. The van der Waals surface area contributed by atoms with Gasteiger partial charge in [-0.1, -0.05) is 18.2 Å². The number of nitrogens with one attached hydrogen (secondary N) is 2. The summed E-state index contributed by atoms with van der Waals surface area (Å²) in [6.45, 7) is 3.62. The van der Waals surface area contributed by atoms with Crippen LogP contribution in [0.15, 0.2) is 47.6 Å². The van der Waals surface area contributed by atoms with Crippen molar-refractivity contribution in [3.05, 3.63) is 59.5 Å². The molecular formula is C20H26FN5. The van der Waals surface area contributed by atoms with E-state index in [1.807, 2.05) is 6.20 Å². The van der Waals surface area contributed by atoms with Crippen molar-refractivity contribution in [2.75, 3.05) is 31.6 Å². The molecule has 1 aliphatic rings. The summed E-state index contributed by atoms with van der Waals surface area (Å²) >= 11 is 0. The highest BCUT2D eigenvalue weighted by atomic mass is 19.1. The Morgan fingerprint density at radius 1 is 1.08 bits per heavy atom. The Balaban J connectivity index is 1.42. The van der Waals surface area contributed by atoms with E-state index >= 15 is 0 Å². The number of benzene rings is 1. The Morgan fingerprint density at radius 3 is 2.46 bits per heavy atom. The SMILES string of the molecule is CN=C(NCCc1ccc(F)cc1)NCc1ccc(N2CCCC2)nc1. The van der Waals surface area contributed by atoms with Crippen LogP contribution < -0.4 is 15.5 Å². The second kappa shape index (κ2) is 9.17. The van der Waals surface area contributed by atoms with E-state index in [1.165, 1.54) is 25.0 Å². The van der Waals surface area contributed by atoms with Gasteiger partial charge in [-0.05, 0) is 48.6 Å². The predicted molar refractivity (Wildman–Crippen MR) is 104 cm³/mol. The molecule has 0 spiro atoms. The van der Waals surface area contributed by atoms with Gasteiger partial charge >= 0.3 is 0 Å². The van der Waals surface area contributed by atoms with Crippen molar-refractivity contribution in [1.29, 1.82) is 0 Å². The number of anilines is 1. The van der Waals surface area contributed by atoms with Crippen LogP contribution >= 0.6 is 0 Å². The molecule has 6 heteroatoms. The zero-order chi connectivity index (χ0) is 18.2. The van der Waals surface area contributed by atoms with E-state index in [9.17, 15) is 4.39 Å². The number of pyridine rings is 1. The van der Waals surface area contributed by atoms with E-state index < -0.39 is 0 Å². The number of nitrogens with zero attached hydrogens (tertiary/aromatic N) is 3. The first kappa shape index (κ1) is 18.2. The topological polar surface area (TPSA) is 52.6 Å². The highest BCUT2D eigenvalue weighted by molar-refractivity contribution is 5.79. The molecule has 138 valence electrons. The fourth-order valence-electron chi connectivity index (χ4n) is 3.04. The van der Waals surface area contributed by atoms with E-state index in [0.29, 0.717) is 6.54 Å². The van der Waals surface area contributed by atoms with Crippen LogP contribution in [0.5, 0.6) is 0 Å². The first-order chi connectivity index (χ1) is 12.7. The lowest BCUT2D eigenvalue weighted by Gasteiger charge is -2.16. The van der Waals surface area contributed by atoms with Gasteiger partial charge in [0.1, 0.15) is 11.6 Å². The Morgan fingerprint density at radius 2 is 1.81 bits per heavy atom. The summed E-state index contributed by atoms with van der Waals surface area (Å²) in [7, 11) is 1.75. The molecule has 0 bridgehead atoms. The summed E-state index contributed by atoms with van der Waals surface area (Å²) < 4.78 is 12.9. The van der Waals surface area contributed by atoms with Gasteiger partial charge in [-0.15, -0.1) is 0 Å². The molecule has 2 aromatic rings. The third-order valence-corrected chi connectivity index (χ3v) is 4.54. The summed E-state index contributed by atoms with van der Waals surface area (Å²) in [5.41, 5.74) is 2.21. The average Bonchev–Trinajstić information content (AvgIpc) is 3.21. The van der Waals surface area contributed by atoms with Crippen molar-refractivity contribution >= 4 is 11.8 Å². The average molecular weight is 355 g/mol. The van der Waals surface area contributed by atoms with Gasteiger partial charge < -0.3 is 15.5 Å². The van der Waals surface area contributed by atoms with Crippen LogP contribution in [-0.2, 0) is 13.0 Å². The lowest BCUT2D eigenvalue weighted by Crippen LogP contribution is -2.37. The van der Waals surface area contributed by atoms with Gasteiger partial charge in [0.2, 0.25) is 0 Å². The minimum absolute atomic E-state index is 0.205. The van der Waals surface area contributed by atoms with Gasteiger partial charge in [-0.2, -0.15) is 0 Å². The molecule has 5 nitrogen and oxygen atoms in total. The predicted octanol–water partition coefficient (Wildman–Crippen LogP) is 2.73. The highest BCUT2D eigenvalue weighted by Crippen LogP contribution is 2.17. The van der Waals surface area contributed by atoms with Gasteiger partial charge in [0.25, 0.3) is 0 Å². The monoisotopic (exact) mass is 355 g/mol. The van der Waals surface area contributed by atoms with Crippen molar-refractivity contribution in [2.24, 2.45) is 4.99 Å². The fourth-order valence-corrected chi connectivity index (χ4v) is 3.04. The molecule has 3 rings (SSSR count). The summed E-state index contributed by atoms with van der Waals surface area (Å²) in [5.74, 6) is 1.60. The third-order valence-electron chi connectivity index (χ3n) is 4.54. The van der Waals surface area contributed by atoms with Gasteiger partial charge in [0, 0.05) is 39.4 Å². The van der Waals surface area contributed by atoms with E-state index in [-0.39, 0.29) is 5.82 Å². The molecule has 0 unspecified atom stereocenters. The van der Waals surface area contributed by atoms with Crippen molar-refractivity contribution in [3.63, 3.8) is 0 Å². The number of rotatable bonds is 6. The van der Waals surface area contributed by atoms with E-state index in [2.05, 4.69) is 37.6 Å². The lowest BCUT2D eigenvalue weighted by atomic mass is 10.1. The molecular weight excluding hydrogens is 329 g/mol. The molecule has 1 aromatic carbocycles. The standard InChI is InChI=1S/C20H26FN5/c1-22-20(23-11-10-16-4-7-18(21)8-5-16)25-15-17-6-9-19(24-14-17)26-12-2-3-13-26/h4-9,14H,2-3,10-13,15H2,1H3,(H2,22,23,25). The van der Waals surface area contributed by atoms with Crippen molar-refractivity contribution in [3.8, 4) is 0 Å². The molecule has 0 aliphatic carbocycles. The van der Waals surface area contributed by atoms with Gasteiger partial charge in [0.15, 0.2) is 5.96 Å². The van der Waals surface area contributed by atoms with Crippen molar-refractivity contribution < 1.29 is 4.39 Å². The van der Waals surface area contributed by atoms with Crippen molar-refractivity contribution in [2.45, 2.75) is 25.8 Å². The largest absolute Gasteiger partial charge is 0.357 e. The van der Waals surface area contributed by atoms with E-state index in [4.69, 9.17) is 0 Å². The number of hydrogen-bond acceptors (Lipinski definition) is 3. The summed E-state index contributed by atoms with van der Waals surface area (Å²) in [4.78, 5) is 11.1. The molecule has 26 heavy (non-hydrogen) atoms. The van der Waals surface area contributed by atoms with Crippen LogP contribution in [0.2, 0.25) is 0 Å². The van der Waals surface area contributed by atoms with Crippen LogP contribution in [0.4, 0.5) is 10.2 Å². The number of halogens is 1. The molecule has 0 amide bonds. The van der Waals surface area contributed by atoms with Crippen LogP contribution in [0.1, 0.15) is 24.0 Å². The first-order valence-electron chi connectivity index (χ1n) is 9.13. The smallest absolute Gasteiger partial charge is 0.191 e. The summed E-state index contributed by atoms with van der Waals surface area (Å²) in [6, 6.07) is 10.8. The molecule has 2 N–H and O–H groups in total. The Kier molecular flexibility index (Phi) is 6.41. The number of aromatic nitrogens is 1. The molecule has 1 aliphatic heterocycles. The summed E-state index contributed by atoms with van der Waals surface area (Å²) in [5, 5.41) is 6.57. The Labute approximate surface area is 154 Å². The third kappa shape index (κ3) is 5.18. The van der Waals surface area contributed by atoms with Crippen LogP contribution in [0.25, 0.3) is 0 Å². The molecule has 0 radical (unpaired) electrons. The molecule has 0 saturated carbocycles. The van der Waals surface area contributed by atoms with Crippen LogP contribution in [-0.4, -0.2) is 37.6 Å². The maximum absolute atomic E-state index is 12.9. The first-order valence-corrected chi connectivity index (χ1v) is 9.13. The van der Waals surface area contributed by atoms with Gasteiger partial charge in [-0.3, -0.25) is 4.99 Å². The van der Waals surface area contributed by atoms with Crippen molar-refractivity contribution in [1.82, 2.24) is 15.6 Å². The second-order valence-corrected chi connectivity index (χ2v) is 6.45. The van der Waals surface area contributed by atoms with E-state index in [0.717, 1.165) is 49.0 Å². The zero-order valence-corrected chi connectivity index (χ0v) is 15.2. The molecule has 1 fully saturated rings. The Bertz CT molecular complexity index is 706. The Hall–Kier alpha value is -2.63. The molecule has 1 aromatic heterocycles. The second-order valence-electron chi connectivity index (χ2n) is 6.45. The van der Waals surface area contributed by atoms with Crippen LogP contribution in [0.3, 0.4) is 0 Å². The van der Waals surface area contributed by atoms with Crippen LogP contribution in [0, 0.1) is 5.82 Å². The minimum atomic E-state index is -0.205. The van der Waals surface area contributed by atoms with Gasteiger partial charge in [0.05, 0.1) is 0 Å². The number of hydrogen-bond donors (Lipinski definition) is 2. The number of aliphatic imine (C=N–C) groups is 1. The highest BCUT2D eigenvalue weighted by Gasteiger charge is 2.12.